The van der Waals surface area contributed by atoms with Crippen LogP contribution in [-0.2, 0) is 21.4 Å². The van der Waals surface area contributed by atoms with Gasteiger partial charge >= 0.3 is 5.97 Å². The van der Waals surface area contributed by atoms with Crippen LogP contribution in [0.15, 0.2) is 29.9 Å². The molecule has 1 rings (SSSR count). The lowest BCUT2D eigenvalue weighted by Crippen LogP contribution is -2.32. The summed E-state index contributed by atoms with van der Waals surface area (Å²) in [5, 5.41) is 12.2. The minimum atomic E-state index is -3.67. The maximum Gasteiger partial charge on any atom is 0.325 e. The van der Waals surface area contributed by atoms with Crippen LogP contribution in [0, 0.1) is 0 Å². The van der Waals surface area contributed by atoms with E-state index in [1.165, 1.54) is 6.20 Å². The largest absolute Gasteiger partial charge is 0.480 e. The summed E-state index contributed by atoms with van der Waals surface area (Å²) >= 11 is 0. The van der Waals surface area contributed by atoms with Crippen LogP contribution < -0.4 is 4.72 Å². The van der Waals surface area contributed by atoms with E-state index in [0.29, 0.717) is 6.42 Å². The lowest BCUT2D eigenvalue weighted by atomic mass is 10.3. The Morgan fingerprint density at radius 2 is 2.39 bits per heavy atom. The molecule has 0 saturated carbocycles. The molecule has 0 aliphatic carbocycles. The van der Waals surface area contributed by atoms with Gasteiger partial charge in [0.25, 0.3) is 0 Å². The maximum absolute atomic E-state index is 11.9. The molecule has 0 radical (unpaired) electrons. The van der Waals surface area contributed by atoms with Crippen molar-refractivity contribution >= 4 is 16.0 Å². The molecule has 0 aliphatic rings. The van der Waals surface area contributed by atoms with Gasteiger partial charge in [-0.3, -0.25) is 9.48 Å². The summed E-state index contributed by atoms with van der Waals surface area (Å²) < 4.78 is 27.2. The first kappa shape index (κ1) is 14.4. The second-order valence-corrected chi connectivity index (χ2v) is 5.53. The van der Waals surface area contributed by atoms with Crippen molar-refractivity contribution in [1.82, 2.24) is 14.5 Å². The first-order valence-electron chi connectivity index (χ1n) is 5.22. The third kappa shape index (κ3) is 3.97. The monoisotopic (exact) mass is 273 g/mol. The van der Waals surface area contributed by atoms with Gasteiger partial charge in [0, 0.05) is 12.2 Å². The number of nitrogens with zero attached hydrogens (tertiary/aromatic N) is 2. The number of aromatic nitrogens is 2. The topological polar surface area (TPSA) is 101 Å². The lowest BCUT2D eigenvalue weighted by Gasteiger charge is -2.10. The number of carboxylic acid groups (broad SMARTS) is 1. The summed E-state index contributed by atoms with van der Waals surface area (Å²) in [6.07, 6.45) is 4.41. The Morgan fingerprint density at radius 1 is 1.72 bits per heavy atom. The zero-order chi connectivity index (χ0) is 13.8. The normalized spacial score (nSPS) is 13.2. The second kappa shape index (κ2) is 5.78. The van der Waals surface area contributed by atoms with Gasteiger partial charge in [0.05, 0.1) is 6.20 Å². The minimum absolute atomic E-state index is 0.0559. The Balaban J connectivity index is 2.82. The van der Waals surface area contributed by atoms with Crippen LogP contribution in [0.4, 0.5) is 0 Å². The standard InChI is InChI=1S/C10H15N3O4S/c1-3-4-8(2)12-18(16,17)9-5-11-13(6-9)7-10(14)15/h3,5-6,8,12H,1,4,7H2,2H3,(H,14,15). The van der Waals surface area contributed by atoms with E-state index in [-0.39, 0.29) is 17.5 Å². The summed E-state index contributed by atoms with van der Waals surface area (Å²) in [7, 11) is -3.67. The first-order chi connectivity index (χ1) is 8.35. The molecule has 8 heteroatoms. The highest BCUT2D eigenvalue weighted by Crippen LogP contribution is 2.08. The molecule has 2 N–H and O–H groups in total. The SMILES string of the molecule is C=CCC(C)NS(=O)(=O)c1cnn(CC(=O)O)c1. The molecule has 1 heterocycles. The van der Waals surface area contributed by atoms with Gasteiger partial charge in [-0.05, 0) is 13.3 Å². The predicted octanol–water partition coefficient (Wildman–Crippen LogP) is 0.211. The van der Waals surface area contributed by atoms with E-state index in [1.54, 1.807) is 13.0 Å². The Hall–Kier alpha value is -1.67. The lowest BCUT2D eigenvalue weighted by molar-refractivity contribution is -0.137. The predicted molar refractivity (Wildman–Crippen MR) is 64.5 cm³/mol. The molecule has 0 saturated heterocycles. The second-order valence-electron chi connectivity index (χ2n) is 3.81. The summed E-state index contributed by atoms with van der Waals surface area (Å²) in [5.41, 5.74) is 0. The third-order valence-electron chi connectivity index (χ3n) is 2.09. The van der Waals surface area contributed by atoms with Crippen molar-refractivity contribution in [1.29, 1.82) is 0 Å². The maximum atomic E-state index is 11.9. The Kier molecular flexibility index (Phi) is 4.62. The quantitative estimate of drug-likeness (QED) is 0.691. The van der Waals surface area contributed by atoms with Crippen LogP contribution in [0.2, 0.25) is 0 Å². The number of hydrogen-bond acceptors (Lipinski definition) is 4. The highest BCUT2D eigenvalue weighted by molar-refractivity contribution is 7.89. The fourth-order valence-electron chi connectivity index (χ4n) is 1.34. The van der Waals surface area contributed by atoms with Crippen LogP contribution in [0.3, 0.4) is 0 Å². The molecule has 0 spiro atoms. The molecule has 0 aliphatic heterocycles. The van der Waals surface area contributed by atoms with E-state index in [4.69, 9.17) is 5.11 Å². The van der Waals surface area contributed by atoms with Gasteiger partial charge in [-0.25, -0.2) is 13.1 Å². The summed E-state index contributed by atoms with van der Waals surface area (Å²) in [6.45, 7) is 4.86. The van der Waals surface area contributed by atoms with Gasteiger partial charge in [0.2, 0.25) is 10.0 Å². The third-order valence-corrected chi connectivity index (χ3v) is 3.64. The molecule has 100 valence electrons. The fourth-order valence-corrected chi connectivity index (χ4v) is 2.55. The highest BCUT2D eigenvalue weighted by atomic mass is 32.2. The number of nitrogens with one attached hydrogen (secondary N) is 1. The van der Waals surface area contributed by atoms with Crippen molar-refractivity contribution in [3.63, 3.8) is 0 Å². The first-order valence-corrected chi connectivity index (χ1v) is 6.71. The van der Waals surface area contributed by atoms with Gasteiger partial charge in [0.1, 0.15) is 11.4 Å². The summed E-state index contributed by atoms with van der Waals surface area (Å²) in [5.74, 6) is -1.09. The van der Waals surface area contributed by atoms with Gasteiger partial charge in [0.15, 0.2) is 0 Å². The van der Waals surface area contributed by atoms with E-state index in [9.17, 15) is 13.2 Å². The number of aliphatic carboxylic acids is 1. The molecule has 1 atom stereocenters. The summed E-state index contributed by atoms with van der Waals surface area (Å²) in [6, 6.07) is -0.282. The van der Waals surface area contributed by atoms with Crippen molar-refractivity contribution in [2.24, 2.45) is 0 Å². The van der Waals surface area contributed by atoms with Gasteiger partial charge < -0.3 is 5.11 Å². The smallest absolute Gasteiger partial charge is 0.325 e. The molecular formula is C10H15N3O4S. The Labute approximate surface area is 105 Å². The Morgan fingerprint density at radius 3 is 2.94 bits per heavy atom. The van der Waals surface area contributed by atoms with Crippen molar-refractivity contribution < 1.29 is 18.3 Å². The number of carbonyl (C=O) groups is 1. The van der Waals surface area contributed by atoms with Crippen LogP contribution in [0.1, 0.15) is 13.3 Å². The van der Waals surface area contributed by atoms with E-state index in [0.717, 1.165) is 10.9 Å². The average Bonchev–Trinajstić information content (AvgIpc) is 2.65. The number of rotatable bonds is 7. The van der Waals surface area contributed by atoms with Gasteiger partial charge in [-0.2, -0.15) is 5.10 Å². The fraction of sp³-hybridized carbons (Fsp3) is 0.400. The van der Waals surface area contributed by atoms with E-state index in [2.05, 4.69) is 16.4 Å². The van der Waals surface area contributed by atoms with Crippen LogP contribution in [-0.4, -0.2) is 35.3 Å². The molecule has 0 fully saturated rings. The zero-order valence-electron chi connectivity index (χ0n) is 9.91. The molecule has 0 bridgehead atoms. The van der Waals surface area contributed by atoms with Crippen molar-refractivity contribution in [2.45, 2.75) is 30.8 Å². The van der Waals surface area contributed by atoms with Crippen LogP contribution in [0.25, 0.3) is 0 Å². The molecule has 1 aromatic rings. The number of hydrogen-bond donors (Lipinski definition) is 2. The molecule has 7 nitrogen and oxygen atoms in total. The van der Waals surface area contributed by atoms with Crippen molar-refractivity contribution in [3.8, 4) is 0 Å². The Bertz CT molecular complexity index is 535. The average molecular weight is 273 g/mol. The molecule has 1 unspecified atom stereocenters. The molecular weight excluding hydrogens is 258 g/mol. The van der Waals surface area contributed by atoms with Gasteiger partial charge in [-0.1, -0.05) is 6.08 Å². The zero-order valence-corrected chi connectivity index (χ0v) is 10.7. The van der Waals surface area contributed by atoms with E-state index in [1.807, 2.05) is 0 Å². The highest BCUT2D eigenvalue weighted by Gasteiger charge is 2.19. The van der Waals surface area contributed by atoms with Gasteiger partial charge in [-0.15, -0.1) is 6.58 Å². The summed E-state index contributed by atoms with van der Waals surface area (Å²) in [4.78, 5) is 10.4. The van der Waals surface area contributed by atoms with E-state index < -0.39 is 16.0 Å². The number of carboxylic acids is 1. The van der Waals surface area contributed by atoms with Crippen molar-refractivity contribution in [2.75, 3.05) is 0 Å². The van der Waals surface area contributed by atoms with Crippen molar-refractivity contribution in [3.05, 3.63) is 25.0 Å². The molecule has 18 heavy (non-hydrogen) atoms. The van der Waals surface area contributed by atoms with Crippen LogP contribution in [0.5, 0.6) is 0 Å². The molecule has 0 aromatic carbocycles. The van der Waals surface area contributed by atoms with Crippen LogP contribution >= 0.6 is 0 Å². The molecule has 0 amide bonds. The van der Waals surface area contributed by atoms with E-state index >= 15 is 0 Å². The number of sulfonamides is 1. The minimum Gasteiger partial charge on any atom is -0.480 e. The molecule has 1 aromatic heterocycles.